The summed E-state index contributed by atoms with van der Waals surface area (Å²) in [4.78, 5) is 14.7. The van der Waals surface area contributed by atoms with E-state index in [2.05, 4.69) is 20.8 Å². The molecule has 0 atom stereocenters. The van der Waals surface area contributed by atoms with Crippen LogP contribution in [0.5, 0.6) is 0 Å². The van der Waals surface area contributed by atoms with Gasteiger partial charge in [0, 0.05) is 13.1 Å². The Morgan fingerprint density at radius 2 is 1.53 bits per heavy atom. The molecular weight excluding hydrogens is 416 g/mol. The number of hydrogen-bond acceptors (Lipinski definition) is 4. The molecule has 0 bridgehead atoms. The molecule has 30 heavy (non-hydrogen) atoms. The molecule has 8 heteroatoms. The molecule has 1 amide bonds. The molecule has 0 aliphatic rings. The molecular formula is C22H34N2O4SSi. The zero-order chi connectivity index (χ0) is 22.5. The first kappa shape index (κ1) is 24.5. The van der Waals surface area contributed by atoms with E-state index in [1.807, 2.05) is 32.0 Å². The van der Waals surface area contributed by atoms with Gasteiger partial charge in [-0.15, -0.1) is 0 Å². The minimum atomic E-state index is -4.10. The molecule has 0 spiro atoms. The molecule has 0 radical (unpaired) electrons. The van der Waals surface area contributed by atoms with Crippen LogP contribution in [0.25, 0.3) is 10.8 Å². The van der Waals surface area contributed by atoms with Crippen molar-refractivity contribution in [2.45, 2.75) is 64.3 Å². The van der Waals surface area contributed by atoms with E-state index in [4.69, 9.17) is 9.56 Å². The number of sulfonamides is 1. The van der Waals surface area contributed by atoms with Crippen molar-refractivity contribution in [2.75, 3.05) is 13.1 Å². The van der Waals surface area contributed by atoms with Gasteiger partial charge in [-0.3, -0.25) is 4.79 Å². The summed E-state index contributed by atoms with van der Waals surface area (Å²) in [6.07, 6.45) is 0. The Morgan fingerprint density at radius 1 is 1.00 bits per heavy atom. The Hall–Kier alpha value is -1.74. The highest BCUT2D eigenvalue weighted by molar-refractivity contribution is 7.89. The fourth-order valence-corrected chi connectivity index (χ4v) is 7.30. The first-order valence-corrected chi connectivity index (χ1v) is 14.8. The lowest BCUT2D eigenvalue weighted by Crippen LogP contribution is -2.35. The number of primary sulfonamides is 1. The maximum absolute atomic E-state index is 13.2. The van der Waals surface area contributed by atoms with Crippen molar-refractivity contribution in [3.8, 4) is 0 Å². The summed E-state index contributed by atoms with van der Waals surface area (Å²) < 4.78 is 31.4. The second kappa shape index (κ2) is 10.0. The predicted molar refractivity (Wildman–Crippen MR) is 125 cm³/mol. The highest BCUT2D eigenvalue weighted by Gasteiger charge is 2.30. The van der Waals surface area contributed by atoms with Gasteiger partial charge in [0.2, 0.25) is 10.0 Å². The Labute approximate surface area is 181 Å². The van der Waals surface area contributed by atoms with Crippen molar-refractivity contribution in [3.63, 3.8) is 0 Å². The quantitative estimate of drug-likeness (QED) is 0.540. The number of carbonyl (C=O) groups is 1. The van der Waals surface area contributed by atoms with Crippen LogP contribution in [0.15, 0.2) is 35.2 Å². The van der Waals surface area contributed by atoms with Gasteiger partial charge < -0.3 is 9.33 Å². The molecule has 0 unspecified atom stereocenters. The van der Waals surface area contributed by atoms with Crippen LogP contribution < -0.4 is 5.14 Å². The maximum atomic E-state index is 13.2. The standard InChI is InChI=1S/C22H34N2O4SSi/c1-6-24(7-2)22(25)21-19-14-12-11-13-18(19)17(15-20(21)29(23,26)27)16-28-30(8-3,9-4)10-5/h11-15H,6-10,16H2,1-5H3,(H2,23,26,27). The van der Waals surface area contributed by atoms with Crippen molar-refractivity contribution in [1.82, 2.24) is 4.90 Å². The Kier molecular flexibility index (Phi) is 8.21. The molecule has 0 heterocycles. The van der Waals surface area contributed by atoms with Crippen molar-refractivity contribution >= 4 is 35.0 Å². The number of fused-ring (bicyclic) bond motifs is 1. The zero-order valence-electron chi connectivity index (χ0n) is 18.7. The van der Waals surface area contributed by atoms with Crippen molar-refractivity contribution in [2.24, 2.45) is 5.14 Å². The van der Waals surface area contributed by atoms with E-state index in [9.17, 15) is 13.2 Å². The summed E-state index contributed by atoms with van der Waals surface area (Å²) in [6, 6.07) is 11.9. The predicted octanol–water partition coefficient (Wildman–Crippen LogP) is 4.49. The summed E-state index contributed by atoms with van der Waals surface area (Å²) in [6.45, 7) is 11.5. The lowest BCUT2D eigenvalue weighted by Gasteiger charge is -2.28. The van der Waals surface area contributed by atoms with E-state index in [0.29, 0.717) is 25.1 Å². The minimum absolute atomic E-state index is 0.131. The SMILES string of the molecule is CCN(CC)C(=O)c1c(S(N)(=O)=O)cc(CO[Si](CC)(CC)CC)c2ccccc12. The van der Waals surface area contributed by atoms with Crippen LogP contribution in [0.1, 0.15) is 50.5 Å². The minimum Gasteiger partial charge on any atom is -0.413 e. The third kappa shape index (κ3) is 4.94. The smallest absolute Gasteiger partial charge is 0.255 e. The van der Waals surface area contributed by atoms with Gasteiger partial charge >= 0.3 is 0 Å². The summed E-state index contributed by atoms with van der Waals surface area (Å²) >= 11 is 0. The van der Waals surface area contributed by atoms with Crippen molar-refractivity contribution in [3.05, 3.63) is 41.5 Å². The monoisotopic (exact) mass is 450 g/mol. The van der Waals surface area contributed by atoms with Gasteiger partial charge in [0.25, 0.3) is 5.91 Å². The second-order valence-electron chi connectivity index (χ2n) is 7.51. The van der Waals surface area contributed by atoms with E-state index in [1.54, 1.807) is 11.0 Å². The normalized spacial score (nSPS) is 12.3. The lowest BCUT2D eigenvalue weighted by molar-refractivity contribution is 0.0771. The largest absolute Gasteiger partial charge is 0.413 e. The molecule has 2 rings (SSSR count). The van der Waals surface area contributed by atoms with Gasteiger partial charge in [-0.1, -0.05) is 45.0 Å². The van der Waals surface area contributed by atoms with Crippen LogP contribution in [0, 0.1) is 0 Å². The molecule has 0 aliphatic carbocycles. The number of benzene rings is 2. The second-order valence-corrected chi connectivity index (χ2v) is 13.8. The summed E-state index contributed by atoms with van der Waals surface area (Å²) in [5.74, 6) is -0.327. The van der Waals surface area contributed by atoms with E-state index in [1.165, 1.54) is 6.07 Å². The van der Waals surface area contributed by atoms with E-state index >= 15 is 0 Å². The molecule has 0 saturated heterocycles. The first-order valence-electron chi connectivity index (χ1n) is 10.7. The molecule has 0 fully saturated rings. The van der Waals surface area contributed by atoms with Crippen LogP contribution in [0.4, 0.5) is 0 Å². The highest BCUT2D eigenvalue weighted by Crippen LogP contribution is 2.32. The molecule has 2 N–H and O–H groups in total. The summed E-state index contributed by atoms with van der Waals surface area (Å²) in [5.41, 5.74) is 0.892. The zero-order valence-corrected chi connectivity index (χ0v) is 20.5. The summed E-state index contributed by atoms with van der Waals surface area (Å²) in [5, 5.41) is 6.99. The van der Waals surface area contributed by atoms with E-state index in [-0.39, 0.29) is 16.4 Å². The van der Waals surface area contributed by atoms with Gasteiger partial charge in [0.15, 0.2) is 8.32 Å². The molecule has 0 saturated carbocycles. The topological polar surface area (TPSA) is 89.7 Å². The van der Waals surface area contributed by atoms with Crippen LogP contribution in [0.3, 0.4) is 0 Å². The van der Waals surface area contributed by atoms with Crippen molar-refractivity contribution < 1.29 is 17.6 Å². The average Bonchev–Trinajstić information content (AvgIpc) is 2.74. The third-order valence-electron chi connectivity index (χ3n) is 6.13. The number of amides is 1. The maximum Gasteiger partial charge on any atom is 0.255 e. The lowest BCUT2D eigenvalue weighted by atomic mass is 9.98. The summed E-state index contributed by atoms with van der Waals surface area (Å²) in [7, 11) is -5.98. The van der Waals surface area contributed by atoms with Gasteiger partial charge in [-0.2, -0.15) is 0 Å². The number of carbonyl (C=O) groups excluding carboxylic acids is 1. The molecule has 0 aromatic heterocycles. The highest BCUT2D eigenvalue weighted by atomic mass is 32.2. The number of nitrogens with zero attached hydrogens (tertiary/aromatic N) is 1. The van der Waals surface area contributed by atoms with Gasteiger partial charge in [0.1, 0.15) is 0 Å². The van der Waals surface area contributed by atoms with Crippen LogP contribution >= 0.6 is 0 Å². The van der Waals surface area contributed by atoms with Crippen LogP contribution in [0.2, 0.25) is 18.1 Å². The van der Waals surface area contributed by atoms with Gasteiger partial charge in [-0.25, -0.2) is 13.6 Å². The van der Waals surface area contributed by atoms with Crippen molar-refractivity contribution in [1.29, 1.82) is 0 Å². The number of nitrogens with two attached hydrogens (primary N) is 1. The Morgan fingerprint density at radius 3 is 2.00 bits per heavy atom. The third-order valence-corrected chi connectivity index (χ3v) is 11.7. The van der Waals surface area contributed by atoms with Crippen LogP contribution in [-0.4, -0.2) is 40.6 Å². The molecule has 166 valence electrons. The average molecular weight is 451 g/mol. The van der Waals surface area contributed by atoms with Gasteiger partial charge in [0.05, 0.1) is 17.1 Å². The van der Waals surface area contributed by atoms with E-state index < -0.39 is 18.3 Å². The first-order chi connectivity index (χ1) is 14.2. The molecule has 0 aliphatic heterocycles. The van der Waals surface area contributed by atoms with Crippen LogP contribution in [-0.2, 0) is 21.1 Å². The number of hydrogen-bond donors (Lipinski definition) is 1. The Bertz CT molecular complexity index is 991. The fraction of sp³-hybridized carbons (Fsp3) is 0.500. The molecule has 2 aromatic rings. The fourth-order valence-electron chi connectivity index (χ4n) is 3.94. The molecule has 2 aromatic carbocycles. The van der Waals surface area contributed by atoms with E-state index in [0.717, 1.165) is 29.1 Å². The van der Waals surface area contributed by atoms with Gasteiger partial charge in [-0.05, 0) is 54.4 Å². The number of rotatable bonds is 10. The molecule has 6 nitrogen and oxygen atoms in total. The Balaban J connectivity index is 2.73.